The summed E-state index contributed by atoms with van der Waals surface area (Å²) >= 11 is 0. The van der Waals surface area contributed by atoms with Crippen molar-refractivity contribution in [1.82, 2.24) is 0 Å². The fourth-order valence-electron chi connectivity index (χ4n) is 8.88. The van der Waals surface area contributed by atoms with Crippen molar-refractivity contribution in [3.8, 4) is 33.4 Å². The lowest BCUT2D eigenvalue weighted by atomic mass is 9.70. The maximum absolute atomic E-state index is 7.14. The third kappa shape index (κ3) is 3.28. The van der Waals surface area contributed by atoms with Crippen molar-refractivity contribution in [1.29, 1.82) is 0 Å². The van der Waals surface area contributed by atoms with E-state index in [1.807, 2.05) is 12.1 Å². The van der Waals surface area contributed by atoms with Crippen LogP contribution in [-0.2, 0) is 10.8 Å². The van der Waals surface area contributed by atoms with Crippen molar-refractivity contribution in [3.05, 3.63) is 155 Å². The molecule has 0 saturated heterocycles. The first-order chi connectivity index (χ1) is 23.3. The Hall–Kier alpha value is -5.80. The van der Waals surface area contributed by atoms with Crippen LogP contribution in [0.25, 0.3) is 66.1 Å². The van der Waals surface area contributed by atoms with E-state index >= 15 is 0 Å². The van der Waals surface area contributed by atoms with E-state index in [9.17, 15) is 0 Å². The van der Waals surface area contributed by atoms with Gasteiger partial charge in [-0.1, -0.05) is 130 Å². The van der Waals surface area contributed by atoms with Gasteiger partial charge in [0.2, 0.25) is 0 Å². The van der Waals surface area contributed by atoms with E-state index in [-0.39, 0.29) is 5.41 Å². The number of hydrogen-bond acceptors (Lipinski definition) is 3. The summed E-state index contributed by atoms with van der Waals surface area (Å²) in [7, 11) is 0. The van der Waals surface area contributed by atoms with Crippen molar-refractivity contribution < 1.29 is 4.42 Å². The van der Waals surface area contributed by atoms with Gasteiger partial charge < -0.3 is 15.9 Å². The number of rotatable bonds is 1. The Morgan fingerprint density at radius 3 is 1.81 bits per heavy atom. The van der Waals surface area contributed by atoms with Gasteiger partial charge in [0.05, 0.1) is 10.8 Å². The van der Waals surface area contributed by atoms with E-state index in [0.717, 1.165) is 66.3 Å². The molecule has 0 radical (unpaired) electrons. The van der Waals surface area contributed by atoms with Crippen molar-refractivity contribution in [2.75, 3.05) is 11.5 Å². The lowest BCUT2D eigenvalue weighted by Gasteiger charge is -2.31. The second kappa shape index (κ2) is 9.17. The van der Waals surface area contributed by atoms with Gasteiger partial charge in [0.1, 0.15) is 11.2 Å². The van der Waals surface area contributed by atoms with Crippen LogP contribution in [0.5, 0.6) is 0 Å². The zero-order chi connectivity index (χ0) is 32.5. The van der Waals surface area contributed by atoms with E-state index < -0.39 is 5.41 Å². The van der Waals surface area contributed by atoms with Gasteiger partial charge in [-0.25, -0.2) is 0 Å². The van der Waals surface area contributed by atoms with Crippen molar-refractivity contribution in [2.24, 2.45) is 0 Å². The average molecular weight is 619 g/mol. The first-order valence-corrected chi connectivity index (χ1v) is 16.7. The summed E-state index contributed by atoms with van der Waals surface area (Å²) < 4.78 is 6.88. The minimum atomic E-state index is -0.620. The third-order valence-electron chi connectivity index (χ3n) is 10.9. The Labute approximate surface area is 279 Å². The Morgan fingerprint density at radius 1 is 0.521 bits per heavy atom. The Kier molecular flexibility index (Phi) is 5.22. The summed E-state index contributed by atoms with van der Waals surface area (Å²) in [6, 6.07) is 45.9. The average Bonchev–Trinajstić information content (AvgIpc) is 3.72. The summed E-state index contributed by atoms with van der Waals surface area (Å²) in [5, 5.41) is 4.17. The standard InChI is InChI=1S/C45H34N2O/c1-44(2,3)26-21-19-25(20-22-26)27-14-10-15-30-36(46)23-34-41(39(27)30)42-35(24-37(47)40-31-13-6-9-18-38(31)48-43(40)42)45(34)32-16-7-4-11-28(32)29-12-5-8-17-33(29)45/h4-24H,46-47H2,1-3H3. The van der Waals surface area contributed by atoms with Crippen LogP contribution >= 0.6 is 0 Å². The zero-order valence-corrected chi connectivity index (χ0v) is 27.2. The molecule has 230 valence electrons. The smallest absolute Gasteiger partial charge is 0.145 e. The minimum Gasteiger partial charge on any atom is -0.455 e. The van der Waals surface area contributed by atoms with E-state index in [1.165, 1.54) is 38.9 Å². The molecular weight excluding hydrogens is 585 g/mol. The van der Waals surface area contributed by atoms with Crippen LogP contribution in [0.1, 0.15) is 48.6 Å². The predicted molar refractivity (Wildman–Crippen MR) is 200 cm³/mol. The van der Waals surface area contributed by atoms with Gasteiger partial charge in [0.15, 0.2) is 0 Å². The number of hydrogen-bond donors (Lipinski definition) is 2. The fourth-order valence-corrected chi connectivity index (χ4v) is 8.88. The quantitative estimate of drug-likeness (QED) is 0.180. The number of nitrogens with two attached hydrogens (primary N) is 2. The number of benzene rings is 7. The van der Waals surface area contributed by atoms with Gasteiger partial charge in [-0.15, -0.1) is 0 Å². The van der Waals surface area contributed by atoms with Crippen molar-refractivity contribution in [2.45, 2.75) is 31.6 Å². The van der Waals surface area contributed by atoms with Crippen LogP contribution in [0, 0.1) is 0 Å². The Bertz CT molecular complexity index is 2620. The number of para-hydroxylation sites is 1. The molecule has 1 spiro atoms. The summed E-state index contributed by atoms with van der Waals surface area (Å²) in [6.07, 6.45) is 0. The van der Waals surface area contributed by atoms with Gasteiger partial charge in [-0.05, 0) is 84.6 Å². The number of nitrogen functional groups attached to an aromatic ring is 2. The predicted octanol–water partition coefficient (Wildman–Crippen LogP) is 11.2. The third-order valence-corrected chi connectivity index (χ3v) is 10.9. The van der Waals surface area contributed by atoms with Gasteiger partial charge in [0.25, 0.3) is 0 Å². The molecule has 0 unspecified atom stereocenters. The Morgan fingerprint density at radius 2 is 1.10 bits per heavy atom. The largest absolute Gasteiger partial charge is 0.455 e. The first-order valence-electron chi connectivity index (χ1n) is 16.7. The molecule has 8 aromatic rings. The highest BCUT2D eigenvalue weighted by Gasteiger charge is 2.53. The molecule has 3 nitrogen and oxygen atoms in total. The zero-order valence-electron chi connectivity index (χ0n) is 27.2. The normalized spacial score (nSPS) is 14.1. The van der Waals surface area contributed by atoms with E-state index in [4.69, 9.17) is 15.9 Å². The molecule has 1 aromatic heterocycles. The van der Waals surface area contributed by atoms with E-state index in [1.54, 1.807) is 0 Å². The van der Waals surface area contributed by atoms with E-state index in [0.29, 0.717) is 0 Å². The van der Waals surface area contributed by atoms with Crippen molar-refractivity contribution in [3.63, 3.8) is 0 Å². The summed E-state index contributed by atoms with van der Waals surface area (Å²) in [5.41, 5.74) is 30.0. The van der Waals surface area contributed by atoms with Gasteiger partial charge in [-0.2, -0.15) is 0 Å². The van der Waals surface area contributed by atoms with Crippen LogP contribution < -0.4 is 11.5 Å². The summed E-state index contributed by atoms with van der Waals surface area (Å²) in [4.78, 5) is 0. The van der Waals surface area contributed by atoms with E-state index in [2.05, 4.69) is 136 Å². The van der Waals surface area contributed by atoms with Gasteiger partial charge >= 0.3 is 0 Å². The lowest BCUT2D eigenvalue weighted by Crippen LogP contribution is -2.26. The molecular formula is C45H34N2O. The van der Waals surface area contributed by atoms with Crippen molar-refractivity contribution >= 4 is 44.1 Å². The Balaban J connectivity index is 1.44. The van der Waals surface area contributed by atoms with Gasteiger partial charge in [0, 0.05) is 27.7 Å². The number of fused-ring (bicyclic) bond motifs is 16. The summed E-state index contributed by atoms with van der Waals surface area (Å²) in [6.45, 7) is 6.77. The fraction of sp³-hybridized carbons (Fsp3) is 0.111. The first kappa shape index (κ1) is 27.3. The lowest BCUT2D eigenvalue weighted by molar-refractivity contribution is 0.590. The number of furan rings is 1. The molecule has 2 aliphatic carbocycles. The van der Waals surface area contributed by atoms with Crippen LogP contribution in [0.3, 0.4) is 0 Å². The molecule has 2 aliphatic rings. The molecule has 0 saturated carbocycles. The highest BCUT2D eigenvalue weighted by Crippen LogP contribution is 2.66. The molecule has 48 heavy (non-hydrogen) atoms. The topological polar surface area (TPSA) is 65.2 Å². The molecule has 4 N–H and O–H groups in total. The minimum absolute atomic E-state index is 0.0599. The molecule has 7 aromatic carbocycles. The molecule has 1 heterocycles. The molecule has 3 heteroatoms. The monoisotopic (exact) mass is 618 g/mol. The molecule has 0 bridgehead atoms. The molecule has 0 amide bonds. The van der Waals surface area contributed by atoms with Crippen LogP contribution in [0.2, 0.25) is 0 Å². The van der Waals surface area contributed by atoms with Crippen LogP contribution in [0.4, 0.5) is 11.4 Å². The summed E-state index contributed by atoms with van der Waals surface area (Å²) in [5.74, 6) is 0. The molecule has 0 atom stereocenters. The van der Waals surface area contributed by atoms with Gasteiger partial charge in [-0.3, -0.25) is 0 Å². The highest BCUT2D eigenvalue weighted by atomic mass is 16.3. The molecule has 0 aliphatic heterocycles. The maximum atomic E-state index is 7.14. The second-order valence-electron chi connectivity index (χ2n) is 14.5. The van der Waals surface area contributed by atoms with Crippen LogP contribution in [0.15, 0.2) is 132 Å². The maximum Gasteiger partial charge on any atom is 0.145 e. The van der Waals surface area contributed by atoms with Crippen LogP contribution in [-0.4, -0.2) is 0 Å². The second-order valence-corrected chi connectivity index (χ2v) is 14.5. The number of anilines is 2. The highest BCUT2D eigenvalue weighted by molar-refractivity contribution is 6.23. The molecule has 10 rings (SSSR count). The molecule has 0 fully saturated rings. The SMILES string of the molecule is CC(C)(C)c1ccc(-c2cccc3c(N)cc4c(c23)-c2c(cc(N)c3c2oc2ccccc23)C42c3ccccc3-c3ccccc32)cc1.